The van der Waals surface area contributed by atoms with Crippen LogP contribution in [0.3, 0.4) is 0 Å². The Balaban J connectivity index is 1.50. The molecule has 3 aromatic carbocycles. The van der Waals surface area contributed by atoms with Crippen LogP contribution in [0.4, 0.5) is 11.4 Å². The molecule has 1 aromatic heterocycles. The molecule has 0 unspecified atom stereocenters. The van der Waals surface area contributed by atoms with E-state index in [-0.39, 0.29) is 17.2 Å². The number of hydrogen-bond donors (Lipinski definition) is 2. The monoisotopic (exact) mass is 568 g/mol. The zero-order valence-corrected chi connectivity index (χ0v) is 23.3. The van der Waals surface area contributed by atoms with Gasteiger partial charge in [0.1, 0.15) is 22.9 Å². The Labute approximate surface area is 232 Å². The summed E-state index contributed by atoms with van der Waals surface area (Å²) >= 11 is 6.06. The average Bonchev–Trinajstić information content (AvgIpc) is 2.93. The Morgan fingerprint density at radius 3 is 2.46 bits per heavy atom. The molecule has 4 rings (SSSR count). The number of rotatable bonds is 11. The first-order valence-electron chi connectivity index (χ1n) is 12.1. The van der Waals surface area contributed by atoms with Gasteiger partial charge in [0, 0.05) is 35.4 Å². The molecule has 4 aromatic rings. The van der Waals surface area contributed by atoms with Crippen LogP contribution >= 0.6 is 11.6 Å². The maximum absolute atomic E-state index is 13.8. The van der Waals surface area contributed by atoms with E-state index >= 15 is 0 Å². The molecular weight excluding hydrogens is 540 g/mol. The standard InChI is InChI=1S/C28H29ClN4O5S/c1-19-4-11-26(38-3)27(16-19)39(35,36)33(21-6-8-22(37-2)9-7-21)18-28(34)32-15-14-31-24-12-13-30-25-17-20(29)5-10-23(24)25/h4-13,16-17H,14-15,18H2,1-3H3,(H,30,31)(H,32,34). The Hall–Kier alpha value is -4.02. The van der Waals surface area contributed by atoms with E-state index in [1.807, 2.05) is 12.1 Å². The number of ether oxygens (including phenoxy) is 2. The van der Waals surface area contributed by atoms with Crippen LogP contribution in [0.2, 0.25) is 5.02 Å². The number of benzene rings is 3. The number of anilines is 2. The summed E-state index contributed by atoms with van der Waals surface area (Å²) in [7, 11) is -1.24. The summed E-state index contributed by atoms with van der Waals surface area (Å²) in [5.74, 6) is 0.287. The molecule has 39 heavy (non-hydrogen) atoms. The lowest BCUT2D eigenvalue weighted by atomic mass is 10.2. The first kappa shape index (κ1) is 28.0. The van der Waals surface area contributed by atoms with Gasteiger partial charge in [-0.2, -0.15) is 0 Å². The molecule has 11 heteroatoms. The van der Waals surface area contributed by atoms with Crippen LogP contribution in [0.25, 0.3) is 10.9 Å². The fourth-order valence-electron chi connectivity index (χ4n) is 4.03. The molecule has 0 aliphatic heterocycles. The summed E-state index contributed by atoms with van der Waals surface area (Å²) in [6.07, 6.45) is 1.68. The maximum Gasteiger partial charge on any atom is 0.268 e. The van der Waals surface area contributed by atoms with E-state index in [1.165, 1.54) is 20.3 Å². The molecule has 0 saturated carbocycles. The van der Waals surface area contributed by atoms with Gasteiger partial charge in [-0.3, -0.25) is 14.1 Å². The van der Waals surface area contributed by atoms with Gasteiger partial charge in [-0.05, 0) is 73.2 Å². The van der Waals surface area contributed by atoms with Crippen LogP contribution in [0.15, 0.2) is 77.8 Å². The predicted octanol–water partition coefficient (Wildman–Crippen LogP) is 4.64. The molecule has 1 amide bonds. The number of amides is 1. The van der Waals surface area contributed by atoms with Crippen molar-refractivity contribution in [3.63, 3.8) is 0 Å². The van der Waals surface area contributed by atoms with Gasteiger partial charge >= 0.3 is 0 Å². The number of aromatic nitrogens is 1. The van der Waals surface area contributed by atoms with Gasteiger partial charge in [-0.15, -0.1) is 0 Å². The van der Waals surface area contributed by atoms with Crippen molar-refractivity contribution < 1.29 is 22.7 Å². The fraction of sp³-hybridized carbons (Fsp3) is 0.214. The van der Waals surface area contributed by atoms with E-state index in [2.05, 4.69) is 15.6 Å². The molecule has 0 aliphatic carbocycles. The predicted molar refractivity (Wildman–Crippen MR) is 154 cm³/mol. The molecule has 0 fully saturated rings. The molecular formula is C28H29ClN4O5S. The minimum Gasteiger partial charge on any atom is -0.497 e. The highest BCUT2D eigenvalue weighted by molar-refractivity contribution is 7.93. The number of methoxy groups -OCH3 is 2. The van der Waals surface area contributed by atoms with E-state index in [4.69, 9.17) is 21.1 Å². The van der Waals surface area contributed by atoms with Gasteiger partial charge < -0.3 is 20.1 Å². The number of sulfonamides is 1. The van der Waals surface area contributed by atoms with Crippen molar-refractivity contribution in [2.24, 2.45) is 0 Å². The number of pyridine rings is 1. The Morgan fingerprint density at radius 2 is 1.74 bits per heavy atom. The second-order valence-electron chi connectivity index (χ2n) is 8.66. The van der Waals surface area contributed by atoms with Gasteiger partial charge in [0.2, 0.25) is 5.91 Å². The van der Waals surface area contributed by atoms with E-state index in [9.17, 15) is 13.2 Å². The first-order valence-corrected chi connectivity index (χ1v) is 13.9. The number of carbonyl (C=O) groups excluding carboxylic acids is 1. The number of halogens is 1. The van der Waals surface area contributed by atoms with Crippen molar-refractivity contribution in [2.45, 2.75) is 11.8 Å². The highest BCUT2D eigenvalue weighted by Gasteiger charge is 2.30. The number of nitrogens with one attached hydrogen (secondary N) is 2. The minimum atomic E-state index is -4.16. The Bertz CT molecular complexity index is 1580. The second kappa shape index (κ2) is 12.2. The lowest BCUT2D eigenvalue weighted by Crippen LogP contribution is -2.42. The van der Waals surface area contributed by atoms with Crippen LogP contribution in [-0.4, -0.2) is 53.2 Å². The normalized spacial score (nSPS) is 11.2. The largest absolute Gasteiger partial charge is 0.497 e. The molecule has 0 radical (unpaired) electrons. The smallest absolute Gasteiger partial charge is 0.268 e. The average molecular weight is 569 g/mol. The summed E-state index contributed by atoms with van der Waals surface area (Å²) < 4.78 is 39.2. The lowest BCUT2D eigenvalue weighted by Gasteiger charge is -2.25. The van der Waals surface area contributed by atoms with E-state index in [0.717, 1.165) is 26.5 Å². The van der Waals surface area contributed by atoms with Gasteiger partial charge in [0.15, 0.2) is 0 Å². The second-order valence-corrected chi connectivity index (χ2v) is 10.9. The van der Waals surface area contributed by atoms with Crippen molar-refractivity contribution in [1.82, 2.24) is 10.3 Å². The van der Waals surface area contributed by atoms with Crippen LogP contribution in [0.1, 0.15) is 5.56 Å². The van der Waals surface area contributed by atoms with Gasteiger partial charge in [0.05, 0.1) is 25.4 Å². The summed E-state index contributed by atoms with van der Waals surface area (Å²) in [6, 6.07) is 18.6. The molecule has 204 valence electrons. The molecule has 9 nitrogen and oxygen atoms in total. The molecule has 0 saturated heterocycles. The molecule has 0 aliphatic rings. The lowest BCUT2D eigenvalue weighted by molar-refractivity contribution is -0.119. The number of fused-ring (bicyclic) bond motifs is 1. The maximum atomic E-state index is 13.8. The molecule has 0 atom stereocenters. The van der Waals surface area contributed by atoms with Crippen LogP contribution in [0.5, 0.6) is 11.5 Å². The van der Waals surface area contributed by atoms with Crippen LogP contribution in [0, 0.1) is 6.92 Å². The summed E-state index contributed by atoms with van der Waals surface area (Å²) in [5.41, 5.74) is 2.66. The molecule has 2 N–H and O–H groups in total. The molecule has 1 heterocycles. The minimum absolute atomic E-state index is 0.0278. The van der Waals surface area contributed by atoms with E-state index < -0.39 is 22.5 Å². The number of hydrogen-bond acceptors (Lipinski definition) is 7. The summed E-state index contributed by atoms with van der Waals surface area (Å²) in [6.45, 7) is 2.04. The summed E-state index contributed by atoms with van der Waals surface area (Å²) in [5, 5.41) is 7.57. The van der Waals surface area contributed by atoms with Crippen LogP contribution < -0.4 is 24.4 Å². The SMILES string of the molecule is COc1ccc(N(CC(=O)NCCNc2ccnc3cc(Cl)ccc23)S(=O)(=O)c2cc(C)ccc2OC)cc1. The number of carbonyl (C=O) groups is 1. The third-order valence-corrected chi connectivity index (χ3v) is 8.03. The fourth-order valence-corrected chi connectivity index (χ4v) is 5.86. The van der Waals surface area contributed by atoms with Crippen molar-refractivity contribution in [3.8, 4) is 11.5 Å². The van der Waals surface area contributed by atoms with Crippen molar-refractivity contribution in [1.29, 1.82) is 0 Å². The van der Waals surface area contributed by atoms with Gasteiger partial charge in [-0.25, -0.2) is 8.42 Å². The number of nitrogens with zero attached hydrogens (tertiary/aromatic N) is 2. The highest BCUT2D eigenvalue weighted by atomic mass is 35.5. The third kappa shape index (κ3) is 6.52. The van der Waals surface area contributed by atoms with Crippen molar-refractivity contribution >= 4 is 49.8 Å². The zero-order valence-electron chi connectivity index (χ0n) is 21.8. The first-order chi connectivity index (χ1) is 18.7. The van der Waals surface area contributed by atoms with Crippen LogP contribution in [-0.2, 0) is 14.8 Å². The zero-order chi connectivity index (χ0) is 28.0. The Morgan fingerprint density at radius 1 is 0.974 bits per heavy atom. The topological polar surface area (TPSA) is 110 Å². The highest BCUT2D eigenvalue weighted by Crippen LogP contribution is 2.31. The third-order valence-electron chi connectivity index (χ3n) is 6.00. The molecule has 0 spiro atoms. The number of aryl methyl sites for hydroxylation is 1. The van der Waals surface area contributed by atoms with E-state index in [0.29, 0.717) is 23.0 Å². The van der Waals surface area contributed by atoms with Crippen molar-refractivity contribution in [3.05, 3.63) is 83.5 Å². The van der Waals surface area contributed by atoms with Gasteiger partial charge in [0.25, 0.3) is 10.0 Å². The summed E-state index contributed by atoms with van der Waals surface area (Å²) in [4.78, 5) is 17.3. The Kier molecular flexibility index (Phi) is 8.78. The van der Waals surface area contributed by atoms with Crippen molar-refractivity contribution in [2.75, 3.05) is 43.5 Å². The molecule has 0 bridgehead atoms. The van der Waals surface area contributed by atoms with Gasteiger partial charge in [-0.1, -0.05) is 17.7 Å². The quantitative estimate of drug-likeness (QED) is 0.254. The van der Waals surface area contributed by atoms with E-state index in [1.54, 1.807) is 61.7 Å².